The molecule has 0 aliphatic rings. The van der Waals surface area contributed by atoms with Crippen molar-refractivity contribution in [1.82, 2.24) is 9.97 Å². The third kappa shape index (κ3) is 2.79. The number of hydrazone groups is 1. The van der Waals surface area contributed by atoms with E-state index in [2.05, 4.69) is 50.8 Å². The average molecular weight is 364 g/mol. The van der Waals surface area contributed by atoms with Crippen LogP contribution in [0.3, 0.4) is 0 Å². The molecule has 1 heterocycles. The fourth-order valence-electron chi connectivity index (χ4n) is 3.49. The zero-order valence-electron chi connectivity index (χ0n) is 14.9. The molecule has 0 unspecified atom stereocenters. The molecule has 1 aromatic heterocycles. The first-order valence-electron chi connectivity index (χ1n) is 8.98. The first-order chi connectivity index (χ1) is 13.8. The Morgan fingerprint density at radius 3 is 2.14 bits per heavy atom. The van der Waals surface area contributed by atoms with Gasteiger partial charge >= 0.3 is 0 Å². The van der Waals surface area contributed by atoms with Crippen LogP contribution in [0.4, 0.5) is 5.95 Å². The maximum atomic E-state index is 12.2. The van der Waals surface area contributed by atoms with Gasteiger partial charge in [0.25, 0.3) is 5.56 Å². The Morgan fingerprint density at radius 2 is 1.43 bits per heavy atom. The molecular weight excluding hydrogens is 348 g/mol. The molecule has 4 aromatic carbocycles. The number of rotatable bonds is 3. The van der Waals surface area contributed by atoms with Crippen molar-refractivity contribution in [2.75, 3.05) is 5.43 Å². The van der Waals surface area contributed by atoms with Crippen molar-refractivity contribution >= 4 is 44.6 Å². The van der Waals surface area contributed by atoms with E-state index in [4.69, 9.17) is 0 Å². The standard InChI is InChI=1S/C23H16N4O/c28-22-19-11-5-6-12-21(19)25-23(26-22)27-24-14-20-17-9-3-1-7-15(17)13-16-8-2-4-10-18(16)20/h1-14H,(H2,25,26,27,28)/b24-14+. The lowest BCUT2D eigenvalue weighted by molar-refractivity contribution is 1.12. The number of H-pyrrole nitrogens is 1. The van der Waals surface area contributed by atoms with Crippen LogP contribution in [-0.4, -0.2) is 16.2 Å². The molecule has 0 aliphatic heterocycles. The first-order valence-corrected chi connectivity index (χ1v) is 8.98. The summed E-state index contributed by atoms with van der Waals surface area (Å²) in [6, 6.07) is 25.8. The van der Waals surface area contributed by atoms with Crippen molar-refractivity contribution in [3.63, 3.8) is 0 Å². The van der Waals surface area contributed by atoms with Gasteiger partial charge in [0.2, 0.25) is 5.95 Å². The predicted octanol–water partition coefficient (Wildman–Crippen LogP) is 4.68. The van der Waals surface area contributed by atoms with Crippen LogP contribution >= 0.6 is 0 Å². The number of nitrogens with one attached hydrogen (secondary N) is 2. The quantitative estimate of drug-likeness (QED) is 0.277. The molecule has 0 spiro atoms. The number of fused-ring (bicyclic) bond motifs is 3. The molecule has 0 radical (unpaired) electrons. The third-order valence-corrected chi connectivity index (χ3v) is 4.79. The summed E-state index contributed by atoms with van der Waals surface area (Å²) in [4.78, 5) is 19.3. The lowest BCUT2D eigenvalue weighted by Gasteiger charge is -2.08. The van der Waals surface area contributed by atoms with E-state index in [1.54, 1.807) is 18.3 Å². The minimum atomic E-state index is -0.195. The van der Waals surface area contributed by atoms with E-state index in [-0.39, 0.29) is 5.56 Å². The molecule has 0 saturated carbocycles. The topological polar surface area (TPSA) is 70.1 Å². The molecule has 5 nitrogen and oxygen atoms in total. The summed E-state index contributed by atoms with van der Waals surface area (Å²) in [6.45, 7) is 0. The van der Waals surface area contributed by atoms with Gasteiger partial charge in [-0.1, -0.05) is 60.7 Å². The second-order valence-electron chi connectivity index (χ2n) is 6.53. The third-order valence-electron chi connectivity index (χ3n) is 4.79. The van der Waals surface area contributed by atoms with Gasteiger partial charge in [0, 0.05) is 5.56 Å². The van der Waals surface area contributed by atoms with Gasteiger partial charge < -0.3 is 0 Å². The molecule has 5 rings (SSSR count). The first kappa shape index (κ1) is 16.2. The summed E-state index contributed by atoms with van der Waals surface area (Å²) in [7, 11) is 0. The zero-order chi connectivity index (χ0) is 18.9. The monoisotopic (exact) mass is 364 g/mol. The fourth-order valence-corrected chi connectivity index (χ4v) is 3.49. The number of nitrogens with zero attached hydrogens (tertiary/aromatic N) is 2. The molecule has 0 aliphatic carbocycles. The number of anilines is 1. The molecule has 2 N–H and O–H groups in total. The average Bonchev–Trinajstić information content (AvgIpc) is 2.73. The molecule has 5 heteroatoms. The van der Waals surface area contributed by atoms with Crippen molar-refractivity contribution in [3.05, 3.63) is 94.8 Å². The second kappa shape index (κ2) is 6.63. The van der Waals surface area contributed by atoms with Gasteiger partial charge in [0.05, 0.1) is 17.1 Å². The number of hydrogen-bond donors (Lipinski definition) is 2. The van der Waals surface area contributed by atoms with Gasteiger partial charge in [-0.15, -0.1) is 0 Å². The maximum Gasteiger partial charge on any atom is 0.260 e. The van der Waals surface area contributed by atoms with Gasteiger partial charge in [-0.3, -0.25) is 9.78 Å². The number of benzene rings is 4. The van der Waals surface area contributed by atoms with Crippen LogP contribution in [0.1, 0.15) is 5.56 Å². The number of hydrogen-bond acceptors (Lipinski definition) is 4. The fraction of sp³-hybridized carbons (Fsp3) is 0. The minimum Gasteiger partial charge on any atom is -0.291 e. The molecule has 0 amide bonds. The van der Waals surface area contributed by atoms with E-state index in [0.717, 1.165) is 27.1 Å². The summed E-state index contributed by atoms with van der Waals surface area (Å²) in [6.07, 6.45) is 1.78. The van der Waals surface area contributed by atoms with Gasteiger partial charge in [-0.05, 0) is 39.7 Å². The highest BCUT2D eigenvalue weighted by atomic mass is 16.1. The van der Waals surface area contributed by atoms with Crippen molar-refractivity contribution < 1.29 is 0 Å². The van der Waals surface area contributed by atoms with Gasteiger partial charge in [0.15, 0.2) is 0 Å². The lowest BCUT2D eigenvalue weighted by atomic mass is 9.97. The predicted molar refractivity (Wildman–Crippen MR) is 115 cm³/mol. The van der Waals surface area contributed by atoms with Crippen LogP contribution in [0, 0.1) is 0 Å². The summed E-state index contributed by atoms with van der Waals surface area (Å²) in [5.74, 6) is 0.310. The van der Waals surface area contributed by atoms with Gasteiger partial charge in [-0.2, -0.15) is 5.10 Å². The van der Waals surface area contributed by atoms with E-state index in [0.29, 0.717) is 16.9 Å². The van der Waals surface area contributed by atoms with Crippen molar-refractivity contribution in [2.45, 2.75) is 0 Å². The Kier molecular flexibility index (Phi) is 3.84. The Hall–Kier alpha value is -3.99. The SMILES string of the molecule is O=c1[nH]c(N/N=C/c2c3ccccc3cc3ccccc23)nc2ccccc12. The van der Waals surface area contributed by atoms with Crippen LogP contribution in [-0.2, 0) is 0 Å². The van der Waals surface area contributed by atoms with Crippen LogP contribution in [0.5, 0.6) is 0 Å². The van der Waals surface area contributed by atoms with Crippen molar-refractivity contribution in [2.24, 2.45) is 5.10 Å². The van der Waals surface area contributed by atoms with E-state index < -0.39 is 0 Å². The van der Waals surface area contributed by atoms with Crippen LogP contribution in [0.25, 0.3) is 32.4 Å². The number of aromatic amines is 1. The summed E-state index contributed by atoms with van der Waals surface area (Å²) in [5.41, 5.74) is 4.31. The molecule has 0 bridgehead atoms. The summed E-state index contributed by atoms with van der Waals surface area (Å²) in [5, 5.41) is 9.45. The number of para-hydroxylation sites is 1. The van der Waals surface area contributed by atoms with E-state index in [9.17, 15) is 4.79 Å². The highest BCUT2D eigenvalue weighted by Crippen LogP contribution is 2.27. The maximum absolute atomic E-state index is 12.2. The van der Waals surface area contributed by atoms with Crippen LogP contribution < -0.4 is 11.0 Å². The normalized spacial score (nSPS) is 11.6. The molecular formula is C23H16N4O. The Balaban J connectivity index is 1.58. The summed E-state index contributed by atoms with van der Waals surface area (Å²) >= 11 is 0. The molecule has 0 fully saturated rings. The highest BCUT2D eigenvalue weighted by molar-refractivity contribution is 6.13. The van der Waals surface area contributed by atoms with Crippen molar-refractivity contribution in [3.8, 4) is 0 Å². The molecule has 134 valence electrons. The van der Waals surface area contributed by atoms with Crippen molar-refractivity contribution in [1.29, 1.82) is 0 Å². The molecule has 0 atom stereocenters. The largest absolute Gasteiger partial charge is 0.291 e. The Labute approximate surface area is 160 Å². The molecule has 0 saturated heterocycles. The van der Waals surface area contributed by atoms with E-state index in [1.807, 2.05) is 36.4 Å². The second-order valence-corrected chi connectivity index (χ2v) is 6.53. The number of aromatic nitrogens is 2. The van der Waals surface area contributed by atoms with Gasteiger partial charge in [0.1, 0.15) is 0 Å². The lowest BCUT2D eigenvalue weighted by Crippen LogP contribution is -2.11. The summed E-state index contributed by atoms with van der Waals surface area (Å²) < 4.78 is 0. The minimum absolute atomic E-state index is 0.195. The van der Waals surface area contributed by atoms with E-state index >= 15 is 0 Å². The molecule has 28 heavy (non-hydrogen) atoms. The molecule has 5 aromatic rings. The van der Waals surface area contributed by atoms with E-state index in [1.165, 1.54) is 0 Å². The zero-order valence-corrected chi connectivity index (χ0v) is 14.9. The van der Waals surface area contributed by atoms with Crippen LogP contribution in [0.2, 0.25) is 0 Å². The highest BCUT2D eigenvalue weighted by Gasteiger charge is 2.06. The van der Waals surface area contributed by atoms with Crippen LogP contribution in [0.15, 0.2) is 88.8 Å². The van der Waals surface area contributed by atoms with Gasteiger partial charge in [-0.25, -0.2) is 10.4 Å². The smallest absolute Gasteiger partial charge is 0.260 e. The Bertz CT molecular complexity index is 1370. The Morgan fingerprint density at radius 1 is 0.821 bits per heavy atom.